The molecule has 0 radical (unpaired) electrons. The molecule has 90 valence electrons. The lowest BCUT2D eigenvalue weighted by Gasteiger charge is -2.00. The number of hydrogen-bond acceptors (Lipinski definition) is 3. The van der Waals surface area contributed by atoms with Crippen LogP contribution in [0.2, 0.25) is 0 Å². The van der Waals surface area contributed by atoms with Crippen LogP contribution in [-0.4, -0.2) is 10.1 Å². The van der Waals surface area contributed by atoms with E-state index in [-0.39, 0.29) is 5.75 Å². The van der Waals surface area contributed by atoms with E-state index >= 15 is 0 Å². The van der Waals surface area contributed by atoms with Crippen LogP contribution in [0.5, 0.6) is 5.75 Å². The van der Waals surface area contributed by atoms with Crippen LogP contribution in [0, 0.1) is 13.8 Å². The molecule has 1 aromatic heterocycles. The number of phenols is 1. The third-order valence-corrected chi connectivity index (χ3v) is 2.93. The van der Waals surface area contributed by atoms with Gasteiger partial charge in [0.1, 0.15) is 11.3 Å². The molecule has 2 aromatic carbocycles. The standard InChI is InChI=1S/C15H13NO2/c1-9-3-5-13(17)11(7-9)15-16-12-8-10(2)4-6-14(12)18-15/h3-8,17H,1-2H3. The Kier molecular flexibility index (Phi) is 2.33. The van der Waals surface area contributed by atoms with E-state index in [1.165, 1.54) is 0 Å². The fourth-order valence-corrected chi connectivity index (χ4v) is 1.97. The molecule has 0 bridgehead atoms. The molecule has 0 saturated carbocycles. The molecular formula is C15H13NO2. The van der Waals surface area contributed by atoms with E-state index < -0.39 is 0 Å². The lowest BCUT2D eigenvalue weighted by atomic mass is 10.1. The van der Waals surface area contributed by atoms with Crippen molar-refractivity contribution in [3.63, 3.8) is 0 Å². The number of aryl methyl sites for hydroxylation is 2. The number of phenolic OH excluding ortho intramolecular Hbond substituents is 1. The molecule has 0 saturated heterocycles. The molecule has 3 heteroatoms. The summed E-state index contributed by atoms with van der Waals surface area (Å²) in [6.45, 7) is 3.98. The highest BCUT2D eigenvalue weighted by atomic mass is 16.3. The van der Waals surface area contributed by atoms with Gasteiger partial charge in [-0.15, -0.1) is 0 Å². The van der Waals surface area contributed by atoms with E-state index in [2.05, 4.69) is 4.98 Å². The molecule has 3 nitrogen and oxygen atoms in total. The van der Waals surface area contributed by atoms with Crippen LogP contribution in [0.3, 0.4) is 0 Å². The molecule has 18 heavy (non-hydrogen) atoms. The van der Waals surface area contributed by atoms with Crippen molar-refractivity contribution in [1.29, 1.82) is 0 Å². The number of oxazole rings is 1. The van der Waals surface area contributed by atoms with E-state index in [9.17, 15) is 5.11 Å². The lowest BCUT2D eigenvalue weighted by molar-refractivity contribution is 0.474. The average Bonchev–Trinajstić information content (AvgIpc) is 2.74. The van der Waals surface area contributed by atoms with E-state index in [4.69, 9.17) is 4.42 Å². The van der Waals surface area contributed by atoms with Crippen LogP contribution in [0.4, 0.5) is 0 Å². The molecule has 3 rings (SSSR count). The highest BCUT2D eigenvalue weighted by Gasteiger charge is 2.12. The van der Waals surface area contributed by atoms with Gasteiger partial charge in [0.25, 0.3) is 0 Å². The van der Waals surface area contributed by atoms with Crippen LogP contribution in [-0.2, 0) is 0 Å². The van der Waals surface area contributed by atoms with Gasteiger partial charge in [0.15, 0.2) is 5.58 Å². The minimum atomic E-state index is 0.184. The molecule has 0 spiro atoms. The van der Waals surface area contributed by atoms with E-state index in [1.807, 2.05) is 44.2 Å². The number of rotatable bonds is 1. The maximum atomic E-state index is 9.87. The molecule has 1 N–H and O–H groups in total. The molecule has 0 amide bonds. The Labute approximate surface area is 105 Å². The second-order valence-corrected chi connectivity index (χ2v) is 4.51. The number of aromatic nitrogens is 1. The maximum Gasteiger partial charge on any atom is 0.231 e. The van der Waals surface area contributed by atoms with Gasteiger partial charge in [0, 0.05) is 0 Å². The third kappa shape index (κ3) is 1.74. The monoisotopic (exact) mass is 239 g/mol. The quantitative estimate of drug-likeness (QED) is 0.702. The van der Waals surface area contributed by atoms with E-state index in [1.54, 1.807) is 6.07 Å². The number of fused-ring (bicyclic) bond motifs is 1. The summed E-state index contributed by atoms with van der Waals surface area (Å²) in [5, 5.41) is 9.87. The van der Waals surface area contributed by atoms with Crippen LogP contribution >= 0.6 is 0 Å². The number of hydrogen-bond donors (Lipinski definition) is 1. The molecule has 0 fully saturated rings. The highest BCUT2D eigenvalue weighted by molar-refractivity contribution is 5.78. The zero-order chi connectivity index (χ0) is 12.7. The van der Waals surface area contributed by atoms with Crippen LogP contribution in [0.15, 0.2) is 40.8 Å². The van der Waals surface area contributed by atoms with Gasteiger partial charge < -0.3 is 9.52 Å². The largest absolute Gasteiger partial charge is 0.507 e. The summed E-state index contributed by atoms with van der Waals surface area (Å²) in [5.74, 6) is 0.640. The second kappa shape index (κ2) is 3.88. The van der Waals surface area contributed by atoms with Gasteiger partial charge in [0.05, 0.1) is 5.56 Å². The van der Waals surface area contributed by atoms with Crippen molar-refractivity contribution in [2.75, 3.05) is 0 Å². The van der Waals surface area contributed by atoms with Crippen molar-refractivity contribution in [3.8, 4) is 17.2 Å². The molecule has 0 aliphatic rings. The molecule has 0 unspecified atom stereocenters. The van der Waals surface area contributed by atoms with Gasteiger partial charge in [0.2, 0.25) is 5.89 Å². The normalized spacial score (nSPS) is 11.0. The van der Waals surface area contributed by atoms with Crippen molar-refractivity contribution in [2.45, 2.75) is 13.8 Å². The molecule has 0 aliphatic carbocycles. The fourth-order valence-electron chi connectivity index (χ4n) is 1.97. The second-order valence-electron chi connectivity index (χ2n) is 4.51. The predicted octanol–water partition coefficient (Wildman–Crippen LogP) is 3.82. The smallest absolute Gasteiger partial charge is 0.231 e. The average molecular weight is 239 g/mol. The van der Waals surface area contributed by atoms with Crippen molar-refractivity contribution < 1.29 is 9.52 Å². The highest BCUT2D eigenvalue weighted by Crippen LogP contribution is 2.31. The van der Waals surface area contributed by atoms with Crippen molar-refractivity contribution in [1.82, 2.24) is 4.98 Å². The fraction of sp³-hybridized carbons (Fsp3) is 0.133. The van der Waals surface area contributed by atoms with Gasteiger partial charge in [-0.05, 0) is 43.7 Å². The van der Waals surface area contributed by atoms with Gasteiger partial charge in [-0.1, -0.05) is 17.7 Å². The summed E-state index contributed by atoms with van der Waals surface area (Å²) < 4.78 is 5.67. The van der Waals surface area contributed by atoms with Gasteiger partial charge in [-0.2, -0.15) is 0 Å². The molecule has 0 aliphatic heterocycles. The van der Waals surface area contributed by atoms with Gasteiger partial charge in [-0.3, -0.25) is 0 Å². The van der Waals surface area contributed by atoms with Gasteiger partial charge in [-0.25, -0.2) is 4.98 Å². The zero-order valence-electron chi connectivity index (χ0n) is 10.3. The van der Waals surface area contributed by atoms with E-state index in [0.717, 1.165) is 22.2 Å². The Hall–Kier alpha value is -2.29. The molecular weight excluding hydrogens is 226 g/mol. The van der Waals surface area contributed by atoms with Crippen molar-refractivity contribution in [3.05, 3.63) is 47.5 Å². The molecule has 1 heterocycles. The minimum absolute atomic E-state index is 0.184. The first-order valence-electron chi connectivity index (χ1n) is 5.81. The van der Waals surface area contributed by atoms with Gasteiger partial charge >= 0.3 is 0 Å². The summed E-state index contributed by atoms with van der Waals surface area (Å²) in [5.41, 5.74) is 4.36. The summed E-state index contributed by atoms with van der Waals surface area (Å²) in [6.07, 6.45) is 0. The summed E-state index contributed by atoms with van der Waals surface area (Å²) in [6, 6.07) is 11.2. The Balaban J connectivity index is 2.22. The number of benzene rings is 2. The number of nitrogens with zero attached hydrogens (tertiary/aromatic N) is 1. The third-order valence-electron chi connectivity index (χ3n) is 2.93. The lowest BCUT2D eigenvalue weighted by Crippen LogP contribution is -1.80. The molecule has 0 atom stereocenters. The Morgan fingerprint density at radius 2 is 1.72 bits per heavy atom. The minimum Gasteiger partial charge on any atom is -0.507 e. The first-order chi connectivity index (χ1) is 8.63. The van der Waals surface area contributed by atoms with Crippen LogP contribution in [0.25, 0.3) is 22.6 Å². The SMILES string of the molecule is Cc1ccc(O)c(-c2nc3cc(C)ccc3o2)c1. The van der Waals surface area contributed by atoms with Crippen molar-refractivity contribution in [2.24, 2.45) is 0 Å². The van der Waals surface area contributed by atoms with Crippen molar-refractivity contribution >= 4 is 11.1 Å². The predicted molar refractivity (Wildman–Crippen MR) is 70.6 cm³/mol. The van der Waals surface area contributed by atoms with Crippen LogP contribution in [0.1, 0.15) is 11.1 Å². The topological polar surface area (TPSA) is 46.3 Å². The Morgan fingerprint density at radius 3 is 2.56 bits per heavy atom. The Morgan fingerprint density at radius 1 is 1.00 bits per heavy atom. The first-order valence-corrected chi connectivity index (χ1v) is 5.81. The number of aromatic hydroxyl groups is 1. The van der Waals surface area contributed by atoms with E-state index in [0.29, 0.717) is 11.5 Å². The summed E-state index contributed by atoms with van der Waals surface area (Å²) >= 11 is 0. The zero-order valence-corrected chi connectivity index (χ0v) is 10.3. The summed E-state index contributed by atoms with van der Waals surface area (Å²) in [7, 11) is 0. The molecule has 3 aromatic rings. The first kappa shape index (κ1) is 10.8. The summed E-state index contributed by atoms with van der Waals surface area (Å²) in [4.78, 5) is 4.42. The Bertz CT molecular complexity index is 728. The van der Waals surface area contributed by atoms with Crippen LogP contribution < -0.4 is 0 Å². The maximum absolute atomic E-state index is 9.87.